The lowest BCUT2D eigenvalue weighted by Crippen LogP contribution is -2.37. The highest BCUT2D eigenvalue weighted by molar-refractivity contribution is 6.00. The van der Waals surface area contributed by atoms with E-state index in [0.29, 0.717) is 25.1 Å². The molecular weight excluding hydrogens is 292 g/mol. The van der Waals surface area contributed by atoms with Gasteiger partial charge in [0.05, 0.1) is 0 Å². The summed E-state index contributed by atoms with van der Waals surface area (Å²) in [5.41, 5.74) is 2.41. The summed E-state index contributed by atoms with van der Waals surface area (Å²) in [4.78, 5) is 37.6. The molecule has 2 aliphatic rings. The van der Waals surface area contributed by atoms with Gasteiger partial charge in [0, 0.05) is 43.6 Å². The average molecular weight is 314 g/mol. The molecule has 1 unspecified atom stereocenters. The zero-order valence-electron chi connectivity index (χ0n) is 13.4. The Morgan fingerprint density at radius 3 is 2.78 bits per heavy atom. The molecule has 0 aromatic heterocycles. The number of nitrogens with zero attached hydrogens (tertiary/aromatic N) is 1. The minimum atomic E-state index is -0.0622. The van der Waals surface area contributed by atoms with E-state index in [4.69, 9.17) is 0 Å². The number of nitrogens with one attached hydrogen (secondary N) is 1. The van der Waals surface area contributed by atoms with E-state index < -0.39 is 0 Å². The molecule has 3 rings (SSSR count). The lowest BCUT2D eigenvalue weighted by Gasteiger charge is -2.18. The van der Waals surface area contributed by atoms with Gasteiger partial charge in [-0.2, -0.15) is 0 Å². The van der Waals surface area contributed by atoms with Gasteiger partial charge in [-0.3, -0.25) is 14.4 Å². The fourth-order valence-corrected chi connectivity index (χ4v) is 3.47. The van der Waals surface area contributed by atoms with Crippen molar-refractivity contribution < 1.29 is 14.4 Å². The molecule has 1 atom stereocenters. The van der Waals surface area contributed by atoms with Crippen molar-refractivity contribution in [2.24, 2.45) is 0 Å². The Balaban J connectivity index is 1.75. The Morgan fingerprint density at radius 1 is 1.22 bits per heavy atom. The first-order valence-electron chi connectivity index (χ1n) is 8.27. The molecule has 1 aliphatic heterocycles. The number of ketones is 1. The van der Waals surface area contributed by atoms with Crippen LogP contribution in [0.15, 0.2) is 18.2 Å². The Morgan fingerprint density at radius 2 is 2.00 bits per heavy atom. The second-order valence-corrected chi connectivity index (χ2v) is 6.44. The van der Waals surface area contributed by atoms with Crippen molar-refractivity contribution >= 4 is 17.6 Å². The molecule has 2 amide bonds. The van der Waals surface area contributed by atoms with Crippen molar-refractivity contribution in [2.45, 2.75) is 45.1 Å². The van der Waals surface area contributed by atoms with Gasteiger partial charge >= 0.3 is 0 Å². The van der Waals surface area contributed by atoms with E-state index in [-0.39, 0.29) is 23.6 Å². The predicted octanol–water partition coefficient (Wildman–Crippen LogP) is 1.95. The zero-order valence-corrected chi connectivity index (χ0v) is 13.4. The van der Waals surface area contributed by atoms with Crippen molar-refractivity contribution in [1.82, 2.24) is 10.2 Å². The van der Waals surface area contributed by atoms with Crippen molar-refractivity contribution in [2.75, 3.05) is 13.1 Å². The van der Waals surface area contributed by atoms with Crippen LogP contribution in [0.2, 0.25) is 0 Å². The predicted molar refractivity (Wildman–Crippen MR) is 86.5 cm³/mol. The van der Waals surface area contributed by atoms with Gasteiger partial charge in [-0.25, -0.2) is 0 Å². The van der Waals surface area contributed by atoms with Gasteiger partial charge in [-0.05, 0) is 43.4 Å². The van der Waals surface area contributed by atoms with Crippen molar-refractivity contribution in [3.8, 4) is 0 Å². The molecule has 23 heavy (non-hydrogen) atoms. The summed E-state index contributed by atoms with van der Waals surface area (Å²) < 4.78 is 0. The molecule has 1 aliphatic carbocycles. The third-order valence-electron chi connectivity index (χ3n) is 4.64. The molecule has 1 N–H and O–H groups in total. The van der Waals surface area contributed by atoms with Crippen LogP contribution in [0, 0.1) is 0 Å². The maximum Gasteiger partial charge on any atom is 0.253 e. The standard InChI is InChI=1S/C18H22N2O3/c1-12(21)19-15-8-9-20(11-15)18(23)14-6-7-16-13(10-14)4-2-3-5-17(16)22/h6-7,10,15H,2-5,8-9,11H2,1H3,(H,19,21). The van der Waals surface area contributed by atoms with Gasteiger partial charge in [-0.1, -0.05) is 6.07 Å². The summed E-state index contributed by atoms with van der Waals surface area (Å²) in [5.74, 6) is 0.105. The Hall–Kier alpha value is -2.17. The third kappa shape index (κ3) is 3.44. The minimum Gasteiger partial charge on any atom is -0.352 e. The van der Waals surface area contributed by atoms with Gasteiger partial charge in [-0.15, -0.1) is 0 Å². The minimum absolute atomic E-state index is 0.0163. The number of aryl methyl sites for hydroxylation is 1. The number of fused-ring (bicyclic) bond motifs is 1. The Kier molecular flexibility index (Phi) is 4.46. The van der Waals surface area contributed by atoms with E-state index in [2.05, 4.69) is 5.32 Å². The molecule has 0 saturated carbocycles. The molecular formula is C18H22N2O3. The number of hydrogen-bond donors (Lipinski definition) is 1. The van der Waals surface area contributed by atoms with Crippen LogP contribution in [0.25, 0.3) is 0 Å². The van der Waals surface area contributed by atoms with Crippen LogP contribution < -0.4 is 5.32 Å². The highest BCUT2D eigenvalue weighted by atomic mass is 16.2. The molecule has 1 aromatic rings. The maximum atomic E-state index is 12.7. The first-order valence-corrected chi connectivity index (χ1v) is 8.27. The van der Waals surface area contributed by atoms with Crippen LogP contribution >= 0.6 is 0 Å². The normalized spacial score (nSPS) is 20.8. The van der Waals surface area contributed by atoms with Gasteiger partial charge < -0.3 is 10.2 Å². The van der Waals surface area contributed by atoms with Gasteiger partial charge in [0.25, 0.3) is 5.91 Å². The topological polar surface area (TPSA) is 66.5 Å². The number of benzene rings is 1. The number of amides is 2. The van der Waals surface area contributed by atoms with Crippen LogP contribution in [-0.2, 0) is 11.2 Å². The van der Waals surface area contributed by atoms with Gasteiger partial charge in [0.2, 0.25) is 5.91 Å². The zero-order chi connectivity index (χ0) is 16.4. The van der Waals surface area contributed by atoms with Crippen LogP contribution in [0.3, 0.4) is 0 Å². The summed E-state index contributed by atoms with van der Waals surface area (Å²) >= 11 is 0. The first-order chi connectivity index (χ1) is 11.0. The third-order valence-corrected chi connectivity index (χ3v) is 4.64. The highest BCUT2D eigenvalue weighted by Crippen LogP contribution is 2.23. The van der Waals surface area contributed by atoms with Crippen LogP contribution in [0.5, 0.6) is 0 Å². The first kappa shape index (κ1) is 15.7. The fourth-order valence-electron chi connectivity index (χ4n) is 3.47. The molecule has 1 aromatic carbocycles. The van der Waals surface area contributed by atoms with Crippen molar-refractivity contribution in [1.29, 1.82) is 0 Å². The Bertz CT molecular complexity index is 654. The molecule has 1 saturated heterocycles. The fraction of sp³-hybridized carbons (Fsp3) is 0.500. The Labute approximate surface area is 136 Å². The molecule has 5 nitrogen and oxygen atoms in total. The van der Waals surface area contributed by atoms with Crippen molar-refractivity contribution in [3.63, 3.8) is 0 Å². The highest BCUT2D eigenvalue weighted by Gasteiger charge is 2.28. The van der Waals surface area contributed by atoms with Crippen LogP contribution in [0.4, 0.5) is 0 Å². The summed E-state index contributed by atoms with van der Waals surface area (Å²) in [6.07, 6.45) is 4.16. The number of hydrogen-bond acceptors (Lipinski definition) is 3. The molecule has 0 spiro atoms. The molecule has 0 radical (unpaired) electrons. The number of Topliss-reactive ketones (excluding diaryl/α,β-unsaturated/α-hetero) is 1. The second kappa shape index (κ2) is 6.52. The van der Waals surface area contributed by atoms with Crippen LogP contribution in [-0.4, -0.2) is 41.6 Å². The van der Waals surface area contributed by atoms with E-state index >= 15 is 0 Å². The molecule has 1 fully saturated rings. The van der Waals surface area contributed by atoms with E-state index in [1.807, 2.05) is 6.07 Å². The lowest BCUT2D eigenvalue weighted by molar-refractivity contribution is -0.119. The summed E-state index contributed by atoms with van der Waals surface area (Å²) in [6.45, 7) is 2.70. The smallest absolute Gasteiger partial charge is 0.253 e. The SMILES string of the molecule is CC(=O)NC1CCN(C(=O)c2ccc3c(c2)CCCCC3=O)C1. The molecule has 5 heteroatoms. The van der Waals surface area contributed by atoms with Gasteiger partial charge in [0.1, 0.15) is 0 Å². The van der Waals surface area contributed by atoms with E-state index in [9.17, 15) is 14.4 Å². The van der Waals surface area contributed by atoms with E-state index in [0.717, 1.165) is 36.8 Å². The summed E-state index contributed by atoms with van der Waals surface area (Å²) in [5, 5.41) is 2.86. The van der Waals surface area contributed by atoms with Gasteiger partial charge in [0.15, 0.2) is 5.78 Å². The average Bonchev–Trinajstić information content (AvgIpc) is 2.89. The number of likely N-dealkylation sites (tertiary alicyclic amines) is 1. The van der Waals surface area contributed by atoms with Crippen LogP contribution in [0.1, 0.15) is 58.9 Å². The number of carbonyl (C=O) groups excluding carboxylic acids is 3. The largest absolute Gasteiger partial charge is 0.352 e. The molecule has 1 heterocycles. The number of rotatable bonds is 2. The quantitative estimate of drug-likeness (QED) is 0.849. The van der Waals surface area contributed by atoms with Crippen molar-refractivity contribution in [3.05, 3.63) is 34.9 Å². The number of carbonyl (C=O) groups is 3. The van der Waals surface area contributed by atoms with E-state index in [1.165, 1.54) is 6.92 Å². The molecule has 122 valence electrons. The summed E-state index contributed by atoms with van der Waals surface area (Å²) in [6, 6.07) is 5.49. The maximum absolute atomic E-state index is 12.7. The summed E-state index contributed by atoms with van der Waals surface area (Å²) in [7, 11) is 0. The monoisotopic (exact) mass is 314 g/mol. The second-order valence-electron chi connectivity index (χ2n) is 6.44. The molecule has 0 bridgehead atoms. The lowest BCUT2D eigenvalue weighted by atomic mass is 9.99. The van der Waals surface area contributed by atoms with E-state index in [1.54, 1.807) is 17.0 Å².